The van der Waals surface area contributed by atoms with E-state index in [1.54, 1.807) is 0 Å². The normalized spacial score (nSPS) is 12.6. The van der Waals surface area contributed by atoms with Gasteiger partial charge in [-0.15, -0.1) is 0 Å². The molecular formula is C14H19N3. The summed E-state index contributed by atoms with van der Waals surface area (Å²) in [6.45, 7) is 6.08. The van der Waals surface area contributed by atoms with Crippen LogP contribution >= 0.6 is 0 Å². The van der Waals surface area contributed by atoms with E-state index in [-0.39, 0.29) is 0 Å². The zero-order valence-electron chi connectivity index (χ0n) is 10.4. The predicted molar refractivity (Wildman–Crippen MR) is 69.6 cm³/mol. The van der Waals surface area contributed by atoms with E-state index in [0.29, 0.717) is 6.04 Å². The second kappa shape index (κ2) is 5.64. The van der Waals surface area contributed by atoms with Crippen molar-refractivity contribution in [3.63, 3.8) is 0 Å². The summed E-state index contributed by atoms with van der Waals surface area (Å²) < 4.78 is 2.16. The molecule has 0 amide bonds. The molecule has 90 valence electrons. The fourth-order valence-corrected chi connectivity index (χ4v) is 1.90. The van der Waals surface area contributed by atoms with Crippen LogP contribution in [0.5, 0.6) is 0 Å². The Labute approximate surface area is 103 Å². The van der Waals surface area contributed by atoms with Gasteiger partial charge in [0.05, 0.1) is 6.54 Å². The Hall–Kier alpha value is -1.61. The molecule has 0 fully saturated rings. The molecule has 0 unspecified atom stereocenters. The quantitative estimate of drug-likeness (QED) is 0.854. The summed E-state index contributed by atoms with van der Waals surface area (Å²) in [5.74, 6) is 1.09. The first-order valence-electron chi connectivity index (χ1n) is 6.09. The molecule has 0 saturated heterocycles. The van der Waals surface area contributed by atoms with E-state index in [1.807, 2.05) is 18.5 Å². The number of hydrogen-bond donors (Lipinski definition) is 1. The summed E-state index contributed by atoms with van der Waals surface area (Å²) in [6, 6.07) is 10.8. The van der Waals surface area contributed by atoms with Gasteiger partial charge in [0.15, 0.2) is 0 Å². The van der Waals surface area contributed by atoms with Crippen molar-refractivity contribution in [1.29, 1.82) is 0 Å². The number of rotatable bonds is 5. The first kappa shape index (κ1) is 11.9. The molecule has 2 rings (SSSR count). The lowest BCUT2D eigenvalue weighted by molar-refractivity contribution is 0.540. The average molecular weight is 229 g/mol. The van der Waals surface area contributed by atoms with Crippen molar-refractivity contribution in [3.8, 4) is 0 Å². The molecule has 0 aliphatic rings. The minimum Gasteiger partial charge on any atom is -0.334 e. The largest absolute Gasteiger partial charge is 0.334 e. The van der Waals surface area contributed by atoms with Crippen LogP contribution in [-0.4, -0.2) is 9.55 Å². The van der Waals surface area contributed by atoms with Crippen molar-refractivity contribution in [2.75, 3.05) is 0 Å². The van der Waals surface area contributed by atoms with Crippen LogP contribution in [0.4, 0.5) is 0 Å². The fraction of sp³-hybridized carbons (Fsp3) is 0.357. The van der Waals surface area contributed by atoms with Crippen LogP contribution in [0.2, 0.25) is 0 Å². The summed E-state index contributed by atoms with van der Waals surface area (Å²) in [7, 11) is 0. The molecule has 3 heteroatoms. The van der Waals surface area contributed by atoms with Gasteiger partial charge in [-0.1, -0.05) is 30.3 Å². The van der Waals surface area contributed by atoms with Gasteiger partial charge in [-0.25, -0.2) is 4.98 Å². The third kappa shape index (κ3) is 2.94. The molecule has 1 aromatic heterocycles. The molecule has 0 spiro atoms. The highest BCUT2D eigenvalue weighted by atomic mass is 15.1. The third-order valence-corrected chi connectivity index (χ3v) is 3.01. The number of benzene rings is 1. The molecule has 1 atom stereocenters. The topological polar surface area (TPSA) is 29.9 Å². The Morgan fingerprint density at radius 3 is 2.76 bits per heavy atom. The van der Waals surface area contributed by atoms with Crippen LogP contribution < -0.4 is 5.32 Å². The highest BCUT2D eigenvalue weighted by molar-refractivity contribution is 5.18. The van der Waals surface area contributed by atoms with Gasteiger partial charge in [0.2, 0.25) is 0 Å². The van der Waals surface area contributed by atoms with Crippen LogP contribution in [0.15, 0.2) is 42.7 Å². The van der Waals surface area contributed by atoms with Gasteiger partial charge in [0, 0.05) is 25.0 Å². The molecule has 2 aromatic rings. The lowest BCUT2D eigenvalue weighted by Crippen LogP contribution is -2.20. The van der Waals surface area contributed by atoms with E-state index >= 15 is 0 Å². The van der Waals surface area contributed by atoms with Crippen LogP contribution in [-0.2, 0) is 13.1 Å². The molecule has 1 heterocycles. The fourth-order valence-electron chi connectivity index (χ4n) is 1.90. The minimum atomic E-state index is 0.346. The van der Waals surface area contributed by atoms with E-state index in [1.165, 1.54) is 5.56 Å². The van der Waals surface area contributed by atoms with Gasteiger partial charge in [0.1, 0.15) is 5.82 Å². The monoisotopic (exact) mass is 229 g/mol. The molecule has 0 radical (unpaired) electrons. The number of nitrogens with one attached hydrogen (secondary N) is 1. The summed E-state index contributed by atoms with van der Waals surface area (Å²) in [5, 5.41) is 3.49. The maximum atomic E-state index is 4.35. The van der Waals surface area contributed by atoms with E-state index in [9.17, 15) is 0 Å². The van der Waals surface area contributed by atoms with Crippen LogP contribution in [0.25, 0.3) is 0 Å². The van der Waals surface area contributed by atoms with Crippen molar-refractivity contribution in [1.82, 2.24) is 14.9 Å². The van der Waals surface area contributed by atoms with Gasteiger partial charge in [-0.05, 0) is 19.4 Å². The third-order valence-electron chi connectivity index (χ3n) is 3.01. The highest BCUT2D eigenvalue weighted by Crippen LogP contribution is 2.11. The van der Waals surface area contributed by atoms with Gasteiger partial charge in [-0.2, -0.15) is 0 Å². The number of aryl methyl sites for hydroxylation is 1. The zero-order valence-corrected chi connectivity index (χ0v) is 10.4. The van der Waals surface area contributed by atoms with E-state index in [0.717, 1.165) is 18.9 Å². The van der Waals surface area contributed by atoms with Crippen molar-refractivity contribution in [2.45, 2.75) is 33.0 Å². The molecular weight excluding hydrogens is 210 g/mol. The van der Waals surface area contributed by atoms with Crippen molar-refractivity contribution in [2.24, 2.45) is 0 Å². The van der Waals surface area contributed by atoms with Gasteiger partial charge in [0.25, 0.3) is 0 Å². The second-order valence-corrected chi connectivity index (χ2v) is 4.14. The Bertz CT molecular complexity index is 448. The molecule has 0 saturated carbocycles. The SMILES string of the molecule is CCn1ccnc1CN[C@@H](C)c1ccccc1. The van der Waals surface area contributed by atoms with Crippen molar-refractivity contribution < 1.29 is 0 Å². The van der Waals surface area contributed by atoms with Crippen LogP contribution in [0.1, 0.15) is 31.3 Å². The average Bonchev–Trinajstić information content (AvgIpc) is 2.84. The first-order chi connectivity index (χ1) is 8.31. The zero-order chi connectivity index (χ0) is 12.1. The first-order valence-corrected chi connectivity index (χ1v) is 6.09. The summed E-state index contributed by atoms with van der Waals surface area (Å²) in [4.78, 5) is 4.35. The summed E-state index contributed by atoms with van der Waals surface area (Å²) >= 11 is 0. The number of nitrogens with zero attached hydrogens (tertiary/aromatic N) is 2. The van der Waals surface area contributed by atoms with Gasteiger partial charge >= 0.3 is 0 Å². The van der Waals surface area contributed by atoms with Crippen molar-refractivity contribution in [3.05, 3.63) is 54.1 Å². The standard InChI is InChI=1S/C14H19N3/c1-3-17-10-9-15-14(17)11-16-12(2)13-7-5-4-6-8-13/h4-10,12,16H,3,11H2,1-2H3/t12-/m0/s1. The Kier molecular flexibility index (Phi) is 3.94. The minimum absolute atomic E-state index is 0.346. The van der Waals surface area contributed by atoms with E-state index < -0.39 is 0 Å². The molecule has 0 bridgehead atoms. The van der Waals surface area contributed by atoms with E-state index in [2.05, 4.69) is 53.0 Å². The van der Waals surface area contributed by atoms with E-state index in [4.69, 9.17) is 0 Å². The maximum absolute atomic E-state index is 4.35. The van der Waals surface area contributed by atoms with Crippen LogP contribution in [0.3, 0.4) is 0 Å². The lowest BCUT2D eigenvalue weighted by Gasteiger charge is -2.14. The Morgan fingerprint density at radius 2 is 2.06 bits per heavy atom. The number of imidazole rings is 1. The Morgan fingerprint density at radius 1 is 1.29 bits per heavy atom. The molecule has 17 heavy (non-hydrogen) atoms. The molecule has 1 N–H and O–H groups in total. The number of hydrogen-bond acceptors (Lipinski definition) is 2. The second-order valence-electron chi connectivity index (χ2n) is 4.14. The Balaban J connectivity index is 1.95. The number of aromatic nitrogens is 2. The molecule has 3 nitrogen and oxygen atoms in total. The summed E-state index contributed by atoms with van der Waals surface area (Å²) in [6.07, 6.45) is 3.87. The van der Waals surface area contributed by atoms with Crippen LogP contribution in [0, 0.1) is 0 Å². The molecule has 0 aliphatic heterocycles. The summed E-state index contributed by atoms with van der Waals surface area (Å²) in [5.41, 5.74) is 1.31. The smallest absolute Gasteiger partial charge is 0.122 e. The molecule has 0 aliphatic carbocycles. The van der Waals surface area contributed by atoms with Gasteiger partial charge in [-0.3, -0.25) is 0 Å². The van der Waals surface area contributed by atoms with Gasteiger partial charge < -0.3 is 9.88 Å². The van der Waals surface area contributed by atoms with Crippen molar-refractivity contribution >= 4 is 0 Å². The highest BCUT2D eigenvalue weighted by Gasteiger charge is 2.06. The lowest BCUT2D eigenvalue weighted by atomic mass is 10.1. The molecule has 1 aromatic carbocycles. The predicted octanol–water partition coefficient (Wildman–Crippen LogP) is 2.75. The maximum Gasteiger partial charge on any atom is 0.122 e.